The van der Waals surface area contributed by atoms with E-state index in [1.807, 2.05) is 6.08 Å². The van der Waals surface area contributed by atoms with E-state index in [1.54, 1.807) is 6.08 Å². The molecule has 7 atom stereocenters. The van der Waals surface area contributed by atoms with Crippen LogP contribution in [0.15, 0.2) is 12.2 Å². The van der Waals surface area contributed by atoms with Crippen molar-refractivity contribution in [3.8, 4) is 0 Å². The highest BCUT2D eigenvalue weighted by molar-refractivity contribution is 5.76. The number of aliphatic hydroxyl groups excluding tert-OH is 5. The van der Waals surface area contributed by atoms with Crippen LogP contribution in [0.1, 0.15) is 264 Å². The summed E-state index contributed by atoms with van der Waals surface area (Å²) >= 11 is 0. The smallest absolute Gasteiger partial charge is 0.220 e. The summed E-state index contributed by atoms with van der Waals surface area (Å²) in [6.07, 6.45) is 45.6. The molecule has 0 aromatic rings. The number of nitrogens with one attached hydrogen (secondary N) is 1. The lowest BCUT2D eigenvalue weighted by Crippen LogP contribution is -2.60. The molecular formula is C53H103NO8. The Morgan fingerprint density at radius 3 is 1.26 bits per heavy atom. The normalized spacial score (nSPS) is 20.3. The van der Waals surface area contributed by atoms with Gasteiger partial charge in [0.15, 0.2) is 6.29 Å². The summed E-state index contributed by atoms with van der Waals surface area (Å²) < 4.78 is 11.2. The third-order valence-electron chi connectivity index (χ3n) is 13.1. The molecule has 0 saturated carbocycles. The summed E-state index contributed by atoms with van der Waals surface area (Å²) in [7, 11) is 0. The van der Waals surface area contributed by atoms with Crippen molar-refractivity contribution in [1.82, 2.24) is 5.32 Å². The second kappa shape index (κ2) is 43.8. The Morgan fingerprint density at radius 1 is 0.532 bits per heavy atom. The number of carbonyl (C=O) groups excluding carboxylic acids is 1. The zero-order chi connectivity index (χ0) is 45.1. The molecule has 0 aliphatic carbocycles. The van der Waals surface area contributed by atoms with Gasteiger partial charge in [-0.25, -0.2) is 0 Å². The highest BCUT2D eigenvalue weighted by Gasteiger charge is 2.44. The predicted molar refractivity (Wildman–Crippen MR) is 258 cm³/mol. The Morgan fingerprint density at radius 2 is 0.887 bits per heavy atom. The molecule has 0 radical (unpaired) electrons. The molecule has 0 aromatic carbocycles. The number of carbonyl (C=O) groups is 1. The fourth-order valence-electron chi connectivity index (χ4n) is 8.81. The first-order chi connectivity index (χ1) is 30.3. The Bertz CT molecular complexity index is 981. The average molecular weight is 882 g/mol. The molecule has 368 valence electrons. The van der Waals surface area contributed by atoms with Crippen molar-refractivity contribution in [2.75, 3.05) is 13.2 Å². The molecule has 1 amide bonds. The Kier molecular flexibility index (Phi) is 41.6. The van der Waals surface area contributed by atoms with Crippen molar-refractivity contribution in [2.24, 2.45) is 0 Å². The Labute approximate surface area is 382 Å². The molecule has 9 nitrogen and oxygen atoms in total. The summed E-state index contributed by atoms with van der Waals surface area (Å²) in [5.74, 6) is -0.171. The molecule has 1 heterocycles. The number of allylic oxidation sites excluding steroid dienone is 1. The maximum Gasteiger partial charge on any atom is 0.220 e. The van der Waals surface area contributed by atoms with Gasteiger partial charge in [0.05, 0.1) is 25.4 Å². The van der Waals surface area contributed by atoms with Gasteiger partial charge < -0.3 is 40.3 Å². The van der Waals surface area contributed by atoms with Gasteiger partial charge in [-0.15, -0.1) is 0 Å². The van der Waals surface area contributed by atoms with Gasteiger partial charge in [0.2, 0.25) is 5.91 Å². The molecule has 0 spiro atoms. The molecular weight excluding hydrogens is 779 g/mol. The summed E-state index contributed by atoms with van der Waals surface area (Å²) in [4.78, 5) is 13.0. The number of hydrogen-bond donors (Lipinski definition) is 6. The topological polar surface area (TPSA) is 149 Å². The van der Waals surface area contributed by atoms with Crippen LogP contribution in [-0.4, -0.2) is 87.5 Å². The maximum absolute atomic E-state index is 13.0. The Hall–Kier alpha value is -1.07. The second-order valence-electron chi connectivity index (χ2n) is 19.0. The molecule has 7 unspecified atom stereocenters. The van der Waals surface area contributed by atoms with Gasteiger partial charge in [0.1, 0.15) is 24.4 Å². The minimum Gasteiger partial charge on any atom is -0.394 e. The van der Waals surface area contributed by atoms with E-state index in [0.717, 1.165) is 38.5 Å². The van der Waals surface area contributed by atoms with Gasteiger partial charge in [0.25, 0.3) is 0 Å². The molecule has 6 N–H and O–H groups in total. The lowest BCUT2D eigenvalue weighted by Gasteiger charge is -2.40. The lowest BCUT2D eigenvalue weighted by molar-refractivity contribution is -0.302. The van der Waals surface area contributed by atoms with Crippen molar-refractivity contribution in [1.29, 1.82) is 0 Å². The summed E-state index contributed by atoms with van der Waals surface area (Å²) in [6, 6.07) is -0.799. The molecule has 1 rings (SSSR count). The maximum atomic E-state index is 13.0. The number of ether oxygens (including phenoxy) is 2. The van der Waals surface area contributed by atoms with E-state index < -0.39 is 49.5 Å². The van der Waals surface area contributed by atoms with E-state index in [0.29, 0.717) is 6.42 Å². The third-order valence-corrected chi connectivity index (χ3v) is 13.1. The van der Waals surface area contributed by atoms with E-state index >= 15 is 0 Å². The van der Waals surface area contributed by atoms with Gasteiger partial charge in [-0.1, -0.05) is 251 Å². The summed E-state index contributed by atoms with van der Waals surface area (Å²) in [5.41, 5.74) is 0. The third kappa shape index (κ3) is 33.4. The monoisotopic (exact) mass is 882 g/mol. The highest BCUT2D eigenvalue weighted by atomic mass is 16.7. The van der Waals surface area contributed by atoms with Crippen LogP contribution < -0.4 is 5.32 Å². The zero-order valence-electron chi connectivity index (χ0n) is 40.6. The van der Waals surface area contributed by atoms with Crippen LogP contribution in [0.3, 0.4) is 0 Å². The minimum atomic E-state index is -1.56. The number of aliphatic hydroxyl groups is 5. The number of hydrogen-bond acceptors (Lipinski definition) is 8. The van der Waals surface area contributed by atoms with E-state index in [2.05, 4.69) is 19.2 Å². The van der Waals surface area contributed by atoms with Crippen LogP contribution in [-0.2, 0) is 14.3 Å². The van der Waals surface area contributed by atoms with E-state index in [1.165, 1.54) is 205 Å². The molecule has 1 aliphatic heterocycles. The van der Waals surface area contributed by atoms with Crippen molar-refractivity contribution < 1.29 is 39.8 Å². The Balaban J connectivity index is 2.20. The molecule has 1 aliphatic rings. The molecule has 0 aromatic heterocycles. The molecule has 0 bridgehead atoms. The summed E-state index contributed by atoms with van der Waals surface area (Å²) in [6.45, 7) is 3.80. The van der Waals surface area contributed by atoms with Gasteiger partial charge >= 0.3 is 0 Å². The van der Waals surface area contributed by atoms with Crippen LogP contribution in [0.25, 0.3) is 0 Å². The van der Waals surface area contributed by atoms with Gasteiger partial charge in [0, 0.05) is 6.42 Å². The van der Waals surface area contributed by atoms with Gasteiger partial charge in [-0.2, -0.15) is 0 Å². The fourth-order valence-corrected chi connectivity index (χ4v) is 8.81. The van der Waals surface area contributed by atoms with E-state index in [4.69, 9.17) is 9.47 Å². The van der Waals surface area contributed by atoms with Gasteiger partial charge in [-0.3, -0.25) is 4.79 Å². The second-order valence-corrected chi connectivity index (χ2v) is 19.0. The average Bonchev–Trinajstić information content (AvgIpc) is 3.27. The van der Waals surface area contributed by atoms with Crippen molar-refractivity contribution >= 4 is 5.91 Å². The van der Waals surface area contributed by atoms with E-state index in [-0.39, 0.29) is 12.5 Å². The van der Waals surface area contributed by atoms with Gasteiger partial charge in [-0.05, 0) is 19.3 Å². The molecule has 9 heteroatoms. The first kappa shape index (κ1) is 58.9. The predicted octanol–water partition coefficient (Wildman–Crippen LogP) is 12.5. The van der Waals surface area contributed by atoms with Crippen LogP contribution in [0.4, 0.5) is 0 Å². The van der Waals surface area contributed by atoms with Crippen molar-refractivity contribution in [2.45, 2.75) is 307 Å². The standard InChI is InChI=1S/C53H103NO8/c1-3-5-7-9-11-13-15-17-19-20-21-22-23-24-25-26-27-28-29-31-33-35-37-39-41-43-49(57)54-46(45-61-53-52(60)51(59)50(58)48(44-55)62-53)47(56)42-40-38-36-34-32-30-18-16-14-12-10-8-6-4-2/h40,42,46-48,50-53,55-56,58-60H,3-39,41,43-45H2,1-2H3,(H,54,57)/b42-40+. The highest BCUT2D eigenvalue weighted by Crippen LogP contribution is 2.23. The van der Waals surface area contributed by atoms with Crippen molar-refractivity contribution in [3.05, 3.63) is 12.2 Å². The number of unbranched alkanes of at least 4 members (excludes halogenated alkanes) is 36. The van der Waals surface area contributed by atoms with Crippen LogP contribution >= 0.6 is 0 Å². The molecule has 1 fully saturated rings. The quantitative estimate of drug-likeness (QED) is 0.0261. The molecule has 62 heavy (non-hydrogen) atoms. The van der Waals surface area contributed by atoms with Crippen LogP contribution in [0, 0.1) is 0 Å². The first-order valence-corrected chi connectivity index (χ1v) is 26.9. The molecule has 1 saturated heterocycles. The SMILES string of the molecule is CCCCCCCCCCCCCC/C=C/C(O)C(COC1OC(CO)C(O)C(O)C1O)NC(=O)CCCCCCCCCCCCCCCCCCCCCCCCCCC. The largest absolute Gasteiger partial charge is 0.394 e. The number of amides is 1. The minimum absolute atomic E-state index is 0.171. The van der Waals surface area contributed by atoms with Crippen molar-refractivity contribution in [3.63, 3.8) is 0 Å². The lowest BCUT2D eigenvalue weighted by atomic mass is 9.99. The zero-order valence-corrected chi connectivity index (χ0v) is 40.6. The summed E-state index contributed by atoms with van der Waals surface area (Å²) in [5, 5.41) is 54.3. The van der Waals surface area contributed by atoms with E-state index in [9.17, 15) is 30.3 Å². The fraction of sp³-hybridized carbons (Fsp3) is 0.943. The first-order valence-electron chi connectivity index (χ1n) is 26.9. The van der Waals surface area contributed by atoms with Crippen LogP contribution in [0.2, 0.25) is 0 Å². The number of rotatable bonds is 46. The van der Waals surface area contributed by atoms with Crippen LogP contribution in [0.5, 0.6) is 0 Å².